The first-order valence-electron chi connectivity index (χ1n) is 7.68. The number of hydrogen-bond acceptors (Lipinski definition) is 5. The normalized spacial score (nSPS) is 20.6. The summed E-state index contributed by atoms with van der Waals surface area (Å²) in [6, 6.07) is 3.88. The summed E-state index contributed by atoms with van der Waals surface area (Å²) in [4.78, 5) is 6.79. The van der Waals surface area contributed by atoms with Gasteiger partial charge in [0.05, 0.1) is 11.4 Å². The van der Waals surface area contributed by atoms with Gasteiger partial charge in [-0.15, -0.1) is 0 Å². The van der Waals surface area contributed by atoms with Crippen molar-refractivity contribution in [1.82, 2.24) is 19.3 Å². The van der Waals surface area contributed by atoms with Crippen LogP contribution < -0.4 is 9.62 Å². The van der Waals surface area contributed by atoms with Crippen molar-refractivity contribution in [2.75, 3.05) is 18.0 Å². The van der Waals surface area contributed by atoms with Crippen LogP contribution in [-0.4, -0.2) is 47.4 Å². The quantitative estimate of drug-likeness (QED) is 0.900. The molecule has 7 nitrogen and oxygen atoms in total. The SMILES string of the molecule is O=S(=O)(NC1CCN(c2ccn3nccc3n2)CC1)C1CC1. The van der Waals surface area contributed by atoms with E-state index in [1.807, 2.05) is 18.3 Å². The van der Waals surface area contributed by atoms with Gasteiger partial charge in [0.15, 0.2) is 5.65 Å². The fourth-order valence-electron chi connectivity index (χ4n) is 2.91. The zero-order valence-electron chi connectivity index (χ0n) is 12.2. The van der Waals surface area contributed by atoms with Crippen LogP contribution in [0.2, 0.25) is 0 Å². The summed E-state index contributed by atoms with van der Waals surface area (Å²) in [7, 11) is -3.09. The largest absolute Gasteiger partial charge is 0.356 e. The first-order valence-corrected chi connectivity index (χ1v) is 9.23. The number of fused-ring (bicyclic) bond motifs is 1. The molecule has 1 aliphatic carbocycles. The van der Waals surface area contributed by atoms with E-state index in [4.69, 9.17) is 0 Å². The van der Waals surface area contributed by atoms with E-state index in [1.165, 1.54) is 0 Å². The van der Waals surface area contributed by atoms with E-state index >= 15 is 0 Å². The Morgan fingerprint density at radius 1 is 1.14 bits per heavy atom. The van der Waals surface area contributed by atoms with E-state index < -0.39 is 10.0 Å². The molecular formula is C14H19N5O2S. The molecular weight excluding hydrogens is 302 g/mol. The molecule has 118 valence electrons. The van der Waals surface area contributed by atoms with Gasteiger partial charge in [0.25, 0.3) is 0 Å². The molecule has 1 saturated heterocycles. The number of nitrogens with one attached hydrogen (secondary N) is 1. The molecule has 8 heteroatoms. The van der Waals surface area contributed by atoms with Crippen molar-refractivity contribution in [3.05, 3.63) is 24.5 Å². The molecule has 0 aromatic carbocycles. The van der Waals surface area contributed by atoms with Crippen LogP contribution >= 0.6 is 0 Å². The Bertz CT molecular complexity index is 775. The van der Waals surface area contributed by atoms with Gasteiger partial charge >= 0.3 is 0 Å². The van der Waals surface area contributed by atoms with Crippen molar-refractivity contribution < 1.29 is 8.42 Å². The molecule has 3 heterocycles. The summed E-state index contributed by atoms with van der Waals surface area (Å²) < 4.78 is 28.6. The molecule has 2 fully saturated rings. The maximum atomic E-state index is 12.0. The lowest BCUT2D eigenvalue weighted by Crippen LogP contribution is -2.45. The highest BCUT2D eigenvalue weighted by Crippen LogP contribution is 2.28. The molecule has 1 aliphatic heterocycles. The zero-order chi connectivity index (χ0) is 15.2. The highest BCUT2D eigenvalue weighted by atomic mass is 32.2. The molecule has 0 amide bonds. The molecule has 0 atom stereocenters. The van der Waals surface area contributed by atoms with Gasteiger partial charge in [-0.05, 0) is 31.7 Å². The molecule has 0 unspecified atom stereocenters. The highest BCUT2D eigenvalue weighted by molar-refractivity contribution is 7.90. The molecule has 0 radical (unpaired) electrons. The second kappa shape index (κ2) is 5.20. The molecule has 2 aromatic heterocycles. The van der Waals surface area contributed by atoms with Gasteiger partial charge in [0.2, 0.25) is 10.0 Å². The number of sulfonamides is 1. The van der Waals surface area contributed by atoms with Crippen molar-refractivity contribution in [2.24, 2.45) is 0 Å². The summed E-state index contributed by atoms with van der Waals surface area (Å²) in [6.07, 6.45) is 6.88. The standard InChI is InChI=1S/C14H19N5O2S/c20-22(21,12-1-2-12)17-11-4-8-18(9-5-11)13-6-10-19-14(16-13)3-7-15-19/h3,6-7,10-12,17H,1-2,4-5,8-9H2. The molecule has 4 rings (SSSR count). The van der Waals surface area contributed by atoms with E-state index in [2.05, 4.69) is 19.7 Å². The van der Waals surface area contributed by atoms with Gasteiger partial charge in [0, 0.05) is 31.4 Å². The summed E-state index contributed by atoms with van der Waals surface area (Å²) in [5, 5.41) is 4.00. The Morgan fingerprint density at radius 2 is 1.91 bits per heavy atom. The molecule has 1 saturated carbocycles. The van der Waals surface area contributed by atoms with E-state index in [0.717, 1.165) is 50.2 Å². The maximum absolute atomic E-state index is 12.0. The van der Waals surface area contributed by atoms with Crippen LogP contribution in [0.5, 0.6) is 0 Å². The highest BCUT2D eigenvalue weighted by Gasteiger charge is 2.37. The van der Waals surface area contributed by atoms with Gasteiger partial charge in [-0.3, -0.25) is 0 Å². The Balaban J connectivity index is 1.40. The lowest BCUT2D eigenvalue weighted by atomic mass is 10.1. The third-order valence-corrected chi connectivity index (χ3v) is 6.37. The molecule has 0 spiro atoms. The van der Waals surface area contributed by atoms with Gasteiger partial charge in [-0.25, -0.2) is 22.6 Å². The smallest absolute Gasteiger partial charge is 0.214 e. The van der Waals surface area contributed by atoms with Crippen molar-refractivity contribution in [3.63, 3.8) is 0 Å². The fraction of sp³-hybridized carbons (Fsp3) is 0.571. The van der Waals surface area contributed by atoms with E-state index in [-0.39, 0.29) is 11.3 Å². The number of rotatable bonds is 4. The second-order valence-electron chi connectivity index (χ2n) is 6.04. The van der Waals surface area contributed by atoms with Gasteiger partial charge in [0.1, 0.15) is 5.82 Å². The monoisotopic (exact) mass is 321 g/mol. The Kier molecular flexibility index (Phi) is 3.30. The average Bonchev–Trinajstić information content (AvgIpc) is 3.27. The minimum atomic E-state index is -3.09. The number of aromatic nitrogens is 3. The van der Waals surface area contributed by atoms with Crippen molar-refractivity contribution in [1.29, 1.82) is 0 Å². The fourth-order valence-corrected chi connectivity index (χ4v) is 4.56. The minimum Gasteiger partial charge on any atom is -0.356 e. The summed E-state index contributed by atoms with van der Waals surface area (Å²) in [6.45, 7) is 1.63. The Morgan fingerprint density at radius 3 is 2.64 bits per heavy atom. The zero-order valence-corrected chi connectivity index (χ0v) is 13.0. The summed E-state index contributed by atoms with van der Waals surface area (Å²) in [5.74, 6) is 0.927. The van der Waals surface area contributed by atoms with Crippen molar-refractivity contribution in [2.45, 2.75) is 37.0 Å². The summed E-state index contributed by atoms with van der Waals surface area (Å²) in [5.41, 5.74) is 0.828. The maximum Gasteiger partial charge on any atom is 0.214 e. The van der Waals surface area contributed by atoms with Crippen LogP contribution in [0, 0.1) is 0 Å². The van der Waals surface area contributed by atoms with E-state index in [9.17, 15) is 8.42 Å². The van der Waals surface area contributed by atoms with E-state index in [0.29, 0.717) is 0 Å². The van der Waals surface area contributed by atoms with Gasteiger partial charge in [-0.1, -0.05) is 0 Å². The number of anilines is 1. The van der Waals surface area contributed by atoms with Crippen LogP contribution in [0.15, 0.2) is 24.5 Å². The Labute approximate surface area is 129 Å². The topological polar surface area (TPSA) is 79.6 Å². The number of hydrogen-bond donors (Lipinski definition) is 1. The molecule has 0 bridgehead atoms. The number of nitrogens with zero attached hydrogens (tertiary/aromatic N) is 4. The molecule has 2 aliphatic rings. The second-order valence-corrected chi connectivity index (χ2v) is 8.04. The molecule has 2 aromatic rings. The van der Waals surface area contributed by atoms with Crippen LogP contribution in [-0.2, 0) is 10.0 Å². The van der Waals surface area contributed by atoms with Gasteiger partial charge in [-0.2, -0.15) is 5.10 Å². The predicted molar refractivity (Wildman–Crippen MR) is 83.3 cm³/mol. The predicted octanol–water partition coefficient (Wildman–Crippen LogP) is 0.780. The van der Waals surface area contributed by atoms with Crippen LogP contribution in [0.3, 0.4) is 0 Å². The van der Waals surface area contributed by atoms with E-state index in [1.54, 1.807) is 10.7 Å². The first kappa shape index (κ1) is 14.0. The minimum absolute atomic E-state index is 0.0561. The average molecular weight is 321 g/mol. The lowest BCUT2D eigenvalue weighted by Gasteiger charge is -2.33. The van der Waals surface area contributed by atoms with Crippen LogP contribution in [0.1, 0.15) is 25.7 Å². The lowest BCUT2D eigenvalue weighted by molar-refractivity contribution is 0.458. The summed E-state index contributed by atoms with van der Waals surface area (Å²) >= 11 is 0. The van der Waals surface area contributed by atoms with Crippen molar-refractivity contribution in [3.8, 4) is 0 Å². The Hall–Kier alpha value is -1.67. The van der Waals surface area contributed by atoms with Crippen LogP contribution in [0.4, 0.5) is 5.82 Å². The van der Waals surface area contributed by atoms with Gasteiger partial charge < -0.3 is 4.90 Å². The van der Waals surface area contributed by atoms with Crippen LogP contribution in [0.25, 0.3) is 5.65 Å². The third-order valence-electron chi connectivity index (χ3n) is 4.36. The van der Waals surface area contributed by atoms with Crippen molar-refractivity contribution >= 4 is 21.5 Å². The third kappa shape index (κ3) is 2.68. The molecule has 22 heavy (non-hydrogen) atoms. The molecule has 1 N–H and O–H groups in total. The number of piperidine rings is 1. The first-order chi connectivity index (χ1) is 10.6.